The molecule has 0 saturated heterocycles. The van der Waals surface area contributed by atoms with Crippen molar-refractivity contribution in [3.05, 3.63) is 41.4 Å². The van der Waals surface area contributed by atoms with Crippen LogP contribution in [0.4, 0.5) is 11.4 Å². The normalized spacial score (nSPS) is 10.0. The standard InChI is InChI=1S/C15H16ClNO3/c1-18-13-8-12(9-14(19-2)15(13)20-3)17-11-6-4-10(16)5-7-11/h4-9,17H,1-3H3. The third-order valence-corrected chi connectivity index (χ3v) is 3.05. The number of hydrogen-bond donors (Lipinski definition) is 1. The summed E-state index contributed by atoms with van der Waals surface area (Å²) in [7, 11) is 4.75. The smallest absolute Gasteiger partial charge is 0.203 e. The summed E-state index contributed by atoms with van der Waals surface area (Å²) in [5, 5.41) is 3.95. The van der Waals surface area contributed by atoms with Gasteiger partial charge in [0.2, 0.25) is 5.75 Å². The molecule has 2 aromatic carbocycles. The lowest BCUT2D eigenvalue weighted by atomic mass is 10.2. The minimum absolute atomic E-state index is 0.566. The van der Waals surface area contributed by atoms with Crippen LogP contribution in [0, 0.1) is 0 Å². The topological polar surface area (TPSA) is 39.7 Å². The first-order valence-corrected chi connectivity index (χ1v) is 6.38. The summed E-state index contributed by atoms with van der Waals surface area (Å²) in [4.78, 5) is 0. The fourth-order valence-corrected chi connectivity index (χ4v) is 1.98. The molecule has 0 atom stereocenters. The quantitative estimate of drug-likeness (QED) is 0.900. The fourth-order valence-electron chi connectivity index (χ4n) is 1.85. The molecule has 0 aliphatic heterocycles. The van der Waals surface area contributed by atoms with E-state index in [1.807, 2.05) is 36.4 Å². The SMILES string of the molecule is COc1cc(Nc2ccc(Cl)cc2)cc(OC)c1OC. The van der Waals surface area contributed by atoms with Gasteiger partial charge < -0.3 is 19.5 Å². The second-order valence-corrected chi connectivity index (χ2v) is 4.48. The molecule has 2 rings (SSSR count). The van der Waals surface area contributed by atoms with E-state index in [2.05, 4.69) is 5.32 Å². The Morgan fingerprint density at radius 1 is 0.800 bits per heavy atom. The second kappa shape index (κ2) is 6.39. The van der Waals surface area contributed by atoms with E-state index in [0.29, 0.717) is 22.3 Å². The Morgan fingerprint density at radius 2 is 1.35 bits per heavy atom. The summed E-state index contributed by atoms with van der Waals surface area (Å²) >= 11 is 5.87. The third-order valence-electron chi connectivity index (χ3n) is 2.80. The van der Waals surface area contributed by atoms with Gasteiger partial charge in [-0.25, -0.2) is 0 Å². The first-order chi connectivity index (χ1) is 9.67. The molecule has 2 aromatic rings. The van der Waals surface area contributed by atoms with Gasteiger partial charge in [-0.1, -0.05) is 11.6 Å². The summed E-state index contributed by atoms with van der Waals surface area (Å²) < 4.78 is 15.9. The lowest BCUT2D eigenvalue weighted by Crippen LogP contribution is -1.97. The summed E-state index contributed by atoms with van der Waals surface area (Å²) in [5.74, 6) is 1.77. The number of rotatable bonds is 5. The molecule has 5 heteroatoms. The number of halogens is 1. The van der Waals surface area contributed by atoms with E-state index < -0.39 is 0 Å². The average molecular weight is 294 g/mol. The molecule has 0 unspecified atom stereocenters. The van der Waals surface area contributed by atoms with Gasteiger partial charge in [-0.05, 0) is 24.3 Å². The molecule has 0 radical (unpaired) electrons. The summed E-state index contributed by atoms with van der Waals surface area (Å²) in [6.45, 7) is 0. The predicted octanol–water partition coefficient (Wildman–Crippen LogP) is 4.11. The maximum absolute atomic E-state index is 5.87. The number of nitrogens with one attached hydrogen (secondary N) is 1. The molecule has 0 aliphatic rings. The molecule has 0 fully saturated rings. The summed E-state index contributed by atoms with van der Waals surface area (Å²) in [5.41, 5.74) is 1.76. The molecule has 0 bridgehead atoms. The third kappa shape index (κ3) is 3.08. The zero-order valence-corrected chi connectivity index (χ0v) is 12.3. The lowest BCUT2D eigenvalue weighted by Gasteiger charge is -2.15. The van der Waals surface area contributed by atoms with Crippen LogP contribution in [0.5, 0.6) is 17.2 Å². The maximum Gasteiger partial charge on any atom is 0.203 e. The van der Waals surface area contributed by atoms with Gasteiger partial charge in [0.15, 0.2) is 11.5 Å². The van der Waals surface area contributed by atoms with Crippen molar-refractivity contribution in [3.8, 4) is 17.2 Å². The highest BCUT2D eigenvalue weighted by Crippen LogP contribution is 2.40. The molecule has 0 saturated carbocycles. The first-order valence-electron chi connectivity index (χ1n) is 6.00. The van der Waals surface area contributed by atoms with E-state index >= 15 is 0 Å². The Morgan fingerprint density at radius 3 is 1.80 bits per heavy atom. The molecule has 20 heavy (non-hydrogen) atoms. The zero-order chi connectivity index (χ0) is 14.5. The van der Waals surface area contributed by atoms with Crippen LogP contribution in [0.25, 0.3) is 0 Å². The van der Waals surface area contributed by atoms with Crippen molar-refractivity contribution in [2.45, 2.75) is 0 Å². The van der Waals surface area contributed by atoms with Gasteiger partial charge in [0, 0.05) is 28.5 Å². The number of anilines is 2. The molecule has 0 heterocycles. The highest BCUT2D eigenvalue weighted by Gasteiger charge is 2.13. The van der Waals surface area contributed by atoms with Crippen molar-refractivity contribution in [2.75, 3.05) is 26.6 Å². The van der Waals surface area contributed by atoms with E-state index in [1.54, 1.807) is 21.3 Å². The van der Waals surface area contributed by atoms with Crippen molar-refractivity contribution in [1.82, 2.24) is 0 Å². The molecular weight excluding hydrogens is 278 g/mol. The van der Waals surface area contributed by atoms with Crippen molar-refractivity contribution in [2.24, 2.45) is 0 Å². The molecule has 106 valence electrons. The van der Waals surface area contributed by atoms with Gasteiger partial charge in [-0.2, -0.15) is 0 Å². The van der Waals surface area contributed by atoms with Gasteiger partial charge in [-0.3, -0.25) is 0 Å². The predicted molar refractivity (Wildman–Crippen MR) is 80.8 cm³/mol. The van der Waals surface area contributed by atoms with Crippen molar-refractivity contribution in [3.63, 3.8) is 0 Å². The van der Waals surface area contributed by atoms with Gasteiger partial charge in [0.1, 0.15) is 0 Å². The summed E-state index contributed by atoms with van der Waals surface area (Å²) in [6, 6.07) is 11.1. The van der Waals surface area contributed by atoms with E-state index in [4.69, 9.17) is 25.8 Å². The lowest BCUT2D eigenvalue weighted by molar-refractivity contribution is 0.324. The van der Waals surface area contributed by atoms with Gasteiger partial charge in [-0.15, -0.1) is 0 Å². The van der Waals surface area contributed by atoms with Gasteiger partial charge in [0.25, 0.3) is 0 Å². The van der Waals surface area contributed by atoms with Crippen LogP contribution in [0.1, 0.15) is 0 Å². The highest BCUT2D eigenvalue weighted by atomic mass is 35.5. The number of methoxy groups -OCH3 is 3. The second-order valence-electron chi connectivity index (χ2n) is 4.05. The Bertz CT molecular complexity index is 559. The van der Waals surface area contributed by atoms with Crippen LogP contribution >= 0.6 is 11.6 Å². The Balaban J connectivity index is 2.34. The molecule has 0 aliphatic carbocycles. The van der Waals surface area contributed by atoms with E-state index in [1.165, 1.54) is 0 Å². The molecule has 0 aromatic heterocycles. The monoisotopic (exact) mass is 293 g/mol. The van der Waals surface area contributed by atoms with Crippen molar-refractivity contribution >= 4 is 23.0 Å². The van der Waals surface area contributed by atoms with Crippen molar-refractivity contribution in [1.29, 1.82) is 0 Å². The molecule has 0 amide bonds. The van der Waals surface area contributed by atoms with Crippen LogP contribution < -0.4 is 19.5 Å². The fraction of sp³-hybridized carbons (Fsp3) is 0.200. The minimum atomic E-state index is 0.566. The Kier molecular flexibility index (Phi) is 4.58. The van der Waals surface area contributed by atoms with Crippen molar-refractivity contribution < 1.29 is 14.2 Å². The number of hydrogen-bond acceptors (Lipinski definition) is 4. The van der Waals surface area contributed by atoms with Crippen LogP contribution in [-0.4, -0.2) is 21.3 Å². The maximum atomic E-state index is 5.87. The number of ether oxygens (including phenoxy) is 3. The van der Waals surface area contributed by atoms with Crippen LogP contribution in [0.15, 0.2) is 36.4 Å². The first kappa shape index (κ1) is 14.3. The van der Waals surface area contributed by atoms with Gasteiger partial charge in [0.05, 0.1) is 21.3 Å². The van der Waals surface area contributed by atoms with Crippen LogP contribution in [0.3, 0.4) is 0 Å². The highest BCUT2D eigenvalue weighted by molar-refractivity contribution is 6.30. The molecule has 4 nitrogen and oxygen atoms in total. The zero-order valence-electron chi connectivity index (χ0n) is 11.6. The van der Waals surface area contributed by atoms with E-state index in [0.717, 1.165) is 11.4 Å². The Labute approximate surface area is 123 Å². The van der Waals surface area contributed by atoms with Crippen LogP contribution in [-0.2, 0) is 0 Å². The van der Waals surface area contributed by atoms with E-state index in [-0.39, 0.29) is 0 Å². The minimum Gasteiger partial charge on any atom is -0.493 e. The molecule has 1 N–H and O–H groups in total. The summed E-state index contributed by atoms with van der Waals surface area (Å²) in [6.07, 6.45) is 0. The largest absolute Gasteiger partial charge is 0.493 e. The van der Waals surface area contributed by atoms with Gasteiger partial charge >= 0.3 is 0 Å². The number of benzene rings is 2. The molecular formula is C15H16ClNO3. The van der Waals surface area contributed by atoms with E-state index in [9.17, 15) is 0 Å². The van der Waals surface area contributed by atoms with Crippen LogP contribution in [0.2, 0.25) is 5.02 Å². The Hall–Kier alpha value is -2.07. The average Bonchev–Trinajstić information content (AvgIpc) is 2.48. The molecule has 0 spiro atoms.